The number of hydrogen-bond donors (Lipinski definition) is 1. The first-order valence-electron chi connectivity index (χ1n) is 11.3. The molecule has 1 aliphatic heterocycles. The molecule has 0 aliphatic carbocycles. The molecular weight excluding hydrogens is 433 g/mol. The monoisotopic (exact) mass is 459 g/mol. The Hall–Kier alpha value is -3.88. The molecule has 1 aliphatic rings. The molecule has 0 saturated carbocycles. The Morgan fingerprint density at radius 1 is 1.09 bits per heavy atom. The lowest BCUT2D eigenvalue weighted by Crippen LogP contribution is -2.48. The molecular formula is C25H26FN7O. The Morgan fingerprint density at radius 3 is 2.65 bits per heavy atom. The molecule has 1 N–H and O–H groups in total. The third-order valence-electron chi connectivity index (χ3n) is 6.42. The van der Waals surface area contributed by atoms with Crippen molar-refractivity contribution in [1.82, 2.24) is 24.8 Å². The van der Waals surface area contributed by atoms with Crippen LogP contribution < -0.4 is 10.2 Å². The van der Waals surface area contributed by atoms with Gasteiger partial charge in [0.15, 0.2) is 5.82 Å². The summed E-state index contributed by atoms with van der Waals surface area (Å²) in [6, 6.07) is 8.89. The van der Waals surface area contributed by atoms with Gasteiger partial charge >= 0.3 is 0 Å². The average molecular weight is 460 g/mol. The van der Waals surface area contributed by atoms with Gasteiger partial charge in [-0.15, -0.1) is 0 Å². The molecule has 0 radical (unpaired) electrons. The summed E-state index contributed by atoms with van der Waals surface area (Å²) in [7, 11) is 0. The van der Waals surface area contributed by atoms with Gasteiger partial charge < -0.3 is 15.1 Å². The zero-order chi connectivity index (χ0) is 23.8. The van der Waals surface area contributed by atoms with Crippen molar-refractivity contribution in [2.75, 3.05) is 36.4 Å². The number of pyridine rings is 2. The molecule has 1 atom stereocenters. The molecule has 9 heteroatoms. The second kappa shape index (κ2) is 8.81. The second-order valence-electron chi connectivity index (χ2n) is 8.60. The normalized spacial score (nSPS) is 15.1. The summed E-state index contributed by atoms with van der Waals surface area (Å²) in [5, 5.41) is 4.35. The van der Waals surface area contributed by atoms with Gasteiger partial charge in [0.05, 0.1) is 17.1 Å². The van der Waals surface area contributed by atoms with Crippen LogP contribution >= 0.6 is 0 Å². The SMILES string of the molecule is CC(=O)N1CCN(c2nc3c(C)c(F)ccc3cc2[C@H](C)Nc2ncnc3cccnc23)CC1. The third kappa shape index (κ3) is 3.98. The highest BCUT2D eigenvalue weighted by atomic mass is 19.1. The van der Waals surface area contributed by atoms with Crippen molar-refractivity contribution in [3.05, 3.63) is 59.8 Å². The fourth-order valence-electron chi connectivity index (χ4n) is 4.45. The van der Waals surface area contributed by atoms with Crippen LogP contribution in [-0.2, 0) is 4.79 Å². The van der Waals surface area contributed by atoms with E-state index in [1.165, 1.54) is 12.4 Å². The van der Waals surface area contributed by atoms with Gasteiger partial charge in [-0.05, 0) is 44.2 Å². The highest BCUT2D eigenvalue weighted by Gasteiger charge is 2.25. The van der Waals surface area contributed by atoms with Gasteiger partial charge in [-0.25, -0.2) is 19.3 Å². The summed E-state index contributed by atoms with van der Waals surface area (Å²) in [6.07, 6.45) is 3.24. The largest absolute Gasteiger partial charge is 0.361 e. The summed E-state index contributed by atoms with van der Waals surface area (Å²) < 4.78 is 14.3. The minimum absolute atomic E-state index is 0.0717. The molecule has 0 bridgehead atoms. The highest BCUT2D eigenvalue weighted by Crippen LogP contribution is 2.33. The average Bonchev–Trinajstić information content (AvgIpc) is 2.86. The van der Waals surface area contributed by atoms with Crippen LogP contribution in [0.15, 0.2) is 42.9 Å². The zero-order valence-electron chi connectivity index (χ0n) is 19.4. The van der Waals surface area contributed by atoms with Crippen LogP contribution in [0, 0.1) is 12.7 Å². The van der Waals surface area contributed by atoms with Crippen LogP contribution in [-0.4, -0.2) is 56.9 Å². The van der Waals surface area contributed by atoms with Gasteiger partial charge in [-0.3, -0.25) is 9.78 Å². The molecule has 1 saturated heterocycles. The predicted octanol–water partition coefficient (Wildman–Crippen LogP) is 3.86. The lowest BCUT2D eigenvalue weighted by atomic mass is 10.0. The number of rotatable bonds is 4. The molecule has 174 valence electrons. The summed E-state index contributed by atoms with van der Waals surface area (Å²) >= 11 is 0. The maximum Gasteiger partial charge on any atom is 0.219 e. The topological polar surface area (TPSA) is 87.1 Å². The maximum absolute atomic E-state index is 14.3. The fraction of sp³-hybridized carbons (Fsp3) is 0.320. The van der Waals surface area contributed by atoms with E-state index in [-0.39, 0.29) is 17.8 Å². The molecule has 4 aromatic rings. The first-order valence-corrected chi connectivity index (χ1v) is 11.3. The van der Waals surface area contributed by atoms with Crippen LogP contribution in [0.1, 0.15) is 31.0 Å². The van der Waals surface area contributed by atoms with Gasteiger partial charge in [0.1, 0.15) is 23.5 Å². The molecule has 1 amide bonds. The molecule has 1 fully saturated rings. The Bertz CT molecular complexity index is 1380. The van der Waals surface area contributed by atoms with E-state index in [0.717, 1.165) is 22.3 Å². The first-order chi connectivity index (χ1) is 16.4. The van der Waals surface area contributed by atoms with Crippen molar-refractivity contribution in [1.29, 1.82) is 0 Å². The van der Waals surface area contributed by atoms with E-state index in [0.29, 0.717) is 48.6 Å². The number of carbonyl (C=O) groups excluding carboxylic acids is 1. The van der Waals surface area contributed by atoms with Crippen LogP contribution in [0.4, 0.5) is 16.0 Å². The number of benzene rings is 1. The van der Waals surface area contributed by atoms with E-state index >= 15 is 0 Å². The molecule has 5 rings (SSSR count). The lowest BCUT2D eigenvalue weighted by Gasteiger charge is -2.36. The summed E-state index contributed by atoms with van der Waals surface area (Å²) in [5.41, 5.74) is 3.60. The Balaban J connectivity index is 1.56. The Labute approximate surface area is 196 Å². The van der Waals surface area contributed by atoms with Gasteiger partial charge in [-0.1, -0.05) is 0 Å². The molecule has 0 unspecified atom stereocenters. The zero-order valence-corrected chi connectivity index (χ0v) is 19.4. The van der Waals surface area contributed by atoms with Crippen LogP contribution in [0.3, 0.4) is 0 Å². The second-order valence-corrected chi connectivity index (χ2v) is 8.60. The number of hydrogen-bond acceptors (Lipinski definition) is 7. The number of halogens is 1. The van der Waals surface area contributed by atoms with Gasteiger partial charge in [0.25, 0.3) is 0 Å². The van der Waals surface area contributed by atoms with E-state index in [1.807, 2.05) is 24.0 Å². The molecule has 34 heavy (non-hydrogen) atoms. The van der Waals surface area contributed by atoms with E-state index in [9.17, 15) is 9.18 Å². The third-order valence-corrected chi connectivity index (χ3v) is 6.42. The summed E-state index contributed by atoms with van der Waals surface area (Å²) in [4.78, 5) is 33.9. The fourth-order valence-corrected chi connectivity index (χ4v) is 4.45. The van der Waals surface area contributed by atoms with Crippen molar-refractivity contribution >= 4 is 39.5 Å². The maximum atomic E-state index is 14.3. The van der Waals surface area contributed by atoms with Crippen molar-refractivity contribution in [2.45, 2.75) is 26.8 Å². The number of aromatic nitrogens is 4. The number of anilines is 2. The number of nitrogens with zero attached hydrogens (tertiary/aromatic N) is 6. The van der Waals surface area contributed by atoms with E-state index in [1.54, 1.807) is 26.1 Å². The molecule has 8 nitrogen and oxygen atoms in total. The van der Waals surface area contributed by atoms with Crippen LogP contribution in [0.5, 0.6) is 0 Å². The minimum Gasteiger partial charge on any atom is -0.361 e. The Morgan fingerprint density at radius 2 is 1.88 bits per heavy atom. The number of amides is 1. The van der Waals surface area contributed by atoms with Gasteiger partial charge in [0.2, 0.25) is 5.91 Å². The minimum atomic E-state index is -0.273. The van der Waals surface area contributed by atoms with Crippen molar-refractivity contribution < 1.29 is 9.18 Å². The molecule has 3 aromatic heterocycles. The van der Waals surface area contributed by atoms with E-state index in [2.05, 4.69) is 31.2 Å². The number of piperazine rings is 1. The number of nitrogens with one attached hydrogen (secondary N) is 1. The molecule has 1 aromatic carbocycles. The van der Waals surface area contributed by atoms with Crippen molar-refractivity contribution in [3.8, 4) is 0 Å². The first kappa shape index (κ1) is 21.9. The van der Waals surface area contributed by atoms with Gasteiger partial charge in [-0.2, -0.15) is 0 Å². The molecule has 0 spiro atoms. The van der Waals surface area contributed by atoms with Crippen LogP contribution in [0.2, 0.25) is 0 Å². The quantitative estimate of drug-likeness (QED) is 0.496. The van der Waals surface area contributed by atoms with E-state index < -0.39 is 0 Å². The Kier molecular flexibility index (Phi) is 5.69. The van der Waals surface area contributed by atoms with Crippen LogP contribution in [0.25, 0.3) is 21.9 Å². The number of carbonyl (C=O) groups is 1. The highest BCUT2D eigenvalue weighted by molar-refractivity contribution is 5.87. The van der Waals surface area contributed by atoms with E-state index in [4.69, 9.17) is 4.98 Å². The van der Waals surface area contributed by atoms with Crippen molar-refractivity contribution in [2.24, 2.45) is 0 Å². The summed E-state index contributed by atoms with van der Waals surface area (Å²) in [5.74, 6) is 1.23. The smallest absolute Gasteiger partial charge is 0.219 e. The molecule has 4 heterocycles. The number of fused-ring (bicyclic) bond motifs is 2. The van der Waals surface area contributed by atoms with Crippen molar-refractivity contribution in [3.63, 3.8) is 0 Å². The standard InChI is InChI=1S/C25H26FN7O/c1-15-20(26)7-6-18-13-19(16(2)30-24-23-21(28-14-29-24)5-4-8-27-23)25(31-22(15)18)33-11-9-32(10-12-33)17(3)34/h4-8,13-14,16H,9-12H2,1-3H3,(H,28,29,30)/t16-/m0/s1. The summed E-state index contributed by atoms with van der Waals surface area (Å²) in [6.45, 7) is 7.95. The lowest BCUT2D eigenvalue weighted by molar-refractivity contribution is -0.129. The number of aryl methyl sites for hydroxylation is 1. The predicted molar refractivity (Wildman–Crippen MR) is 130 cm³/mol. The van der Waals surface area contributed by atoms with Gasteiger partial charge in [0, 0.05) is 55.8 Å².